The summed E-state index contributed by atoms with van der Waals surface area (Å²) in [5, 5.41) is 7.56. The van der Waals surface area contributed by atoms with Gasteiger partial charge in [0, 0.05) is 49.2 Å². The van der Waals surface area contributed by atoms with Gasteiger partial charge >= 0.3 is 6.18 Å². The first kappa shape index (κ1) is 31.3. The van der Waals surface area contributed by atoms with Gasteiger partial charge in [0.2, 0.25) is 0 Å². The highest BCUT2D eigenvalue weighted by molar-refractivity contribution is 7.98. The van der Waals surface area contributed by atoms with Crippen LogP contribution in [0.15, 0.2) is 65.7 Å². The van der Waals surface area contributed by atoms with Gasteiger partial charge in [0.25, 0.3) is 0 Å². The average molecular weight is 623 g/mol. The SMILES string of the molecule is COc1cc(SC)ccc1NCC#Cc1cc2c(NC3CCN(c4ccc(N(C)C)nc4)CC3)cccc2n1CC(F)(F)F. The maximum Gasteiger partial charge on any atom is 0.406 e. The van der Waals surface area contributed by atoms with Gasteiger partial charge in [0.15, 0.2) is 0 Å². The van der Waals surface area contributed by atoms with Gasteiger partial charge < -0.3 is 29.7 Å². The smallest absolute Gasteiger partial charge is 0.406 e. The van der Waals surface area contributed by atoms with Crippen LogP contribution in [0.2, 0.25) is 0 Å². The molecule has 2 aromatic carbocycles. The molecular formula is C33H37F3N6OS. The van der Waals surface area contributed by atoms with Crippen LogP contribution in [0.3, 0.4) is 0 Å². The topological polar surface area (TPSA) is 57.6 Å². The van der Waals surface area contributed by atoms with Crippen molar-refractivity contribution in [3.8, 4) is 17.6 Å². The van der Waals surface area contributed by atoms with E-state index in [1.807, 2.05) is 61.8 Å². The Kier molecular flexibility index (Phi) is 9.69. The number of aromatic nitrogens is 2. The number of fused-ring (bicyclic) bond motifs is 1. The summed E-state index contributed by atoms with van der Waals surface area (Å²) in [4.78, 5) is 9.89. The van der Waals surface area contributed by atoms with E-state index < -0.39 is 12.7 Å². The summed E-state index contributed by atoms with van der Waals surface area (Å²) >= 11 is 1.61. The van der Waals surface area contributed by atoms with Gasteiger partial charge in [-0.05, 0) is 73.5 Å². The molecule has 7 nitrogen and oxygen atoms in total. The fourth-order valence-electron chi connectivity index (χ4n) is 5.41. The van der Waals surface area contributed by atoms with Crippen molar-refractivity contribution >= 4 is 45.5 Å². The number of nitrogens with one attached hydrogen (secondary N) is 2. The lowest BCUT2D eigenvalue weighted by atomic mass is 10.0. The van der Waals surface area contributed by atoms with Crippen LogP contribution in [-0.2, 0) is 6.54 Å². The van der Waals surface area contributed by atoms with E-state index >= 15 is 0 Å². The maximum absolute atomic E-state index is 13.7. The molecule has 0 amide bonds. The number of piperidine rings is 1. The van der Waals surface area contributed by atoms with Gasteiger partial charge in [0.1, 0.15) is 18.1 Å². The molecule has 232 valence electrons. The Morgan fingerprint density at radius 1 is 1.07 bits per heavy atom. The number of alkyl halides is 3. The minimum absolute atomic E-state index is 0.197. The van der Waals surface area contributed by atoms with E-state index in [1.165, 1.54) is 4.57 Å². The zero-order valence-electron chi connectivity index (χ0n) is 25.3. The fourth-order valence-corrected chi connectivity index (χ4v) is 5.84. The Bertz CT molecular complexity index is 1630. The summed E-state index contributed by atoms with van der Waals surface area (Å²) in [6, 6.07) is 17.3. The first-order valence-corrected chi connectivity index (χ1v) is 15.7. The van der Waals surface area contributed by atoms with E-state index in [2.05, 4.69) is 38.4 Å². The van der Waals surface area contributed by atoms with E-state index in [0.717, 1.165) is 59.1 Å². The summed E-state index contributed by atoms with van der Waals surface area (Å²) in [7, 11) is 5.53. The predicted octanol–water partition coefficient (Wildman–Crippen LogP) is 6.94. The molecule has 11 heteroatoms. The van der Waals surface area contributed by atoms with E-state index in [0.29, 0.717) is 17.0 Å². The standard InChI is InChI=1S/C33H37F3N6OS/c1-40(2)32-13-10-25(21-38-32)41-17-14-23(15-18-41)39-28-8-5-9-30-27(28)19-24(42(30)22-33(34,35)36)7-6-16-37-29-12-11-26(44-4)20-31(29)43-3/h5,8-13,19-21,23,37,39H,14-18,22H2,1-4H3. The molecular weight excluding hydrogens is 585 g/mol. The van der Waals surface area contributed by atoms with E-state index in [-0.39, 0.29) is 12.6 Å². The van der Waals surface area contributed by atoms with Crippen LogP contribution < -0.4 is 25.2 Å². The summed E-state index contributed by atoms with van der Waals surface area (Å²) in [6.45, 7) is 0.862. The van der Waals surface area contributed by atoms with E-state index in [1.54, 1.807) is 37.1 Å². The van der Waals surface area contributed by atoms with Crippen LogP contribution in [0.5, 0.6) is 5.75 Å². The lowest BCUT2D eigenvalue weighted by Gasteiger charge is -2.34. The molecule has 0 atom stereocenters. The number of pyridine rings is 1. The molecule has 0 bridgehead atoms. The van der Waals surface area contributed by atoms with Gasteiger partial charge in [-0.25, -0.2) is 4.98 Å². The second kappa shape index (κ2) is 13.6. The van der Waals surface area contributed by atoms with Gasteiger partial charge in [-0.15, -0.1) is 11.8 Å². The minimum atomic E-state index is -4.39. The quantitative estimate of drug-likeness (QED) is 0.155. The second-order valence-electron chi connectivity index (χ2n) is 10.9. The molecule has 1 fully saturated rings. The van der Waals surface area contributed by atoms with Crippen LogP contribution >= 0.6 is 11.8 Å². The minimum Gasteiger partial charge on any atom is -0.495 e. The van der Waals surface area contributed by atoms with Crippen LogP contribution in [0.4, 0.5) is 36.1 Å². The zero-order valence-corrected chi connectivity index (χ0v) is 26.1. The van der Waals surface area contributed by atoms with Crippen LogP contribution in [0.1, 0.15) is 18.5 Å². The molecule has 1 aliphatic heterocycles. The van der Waals surface area contributed by atoms with Crippen molar-refractivity contribution in [1.82, 2.24) is 9.55 Å². The molecule has 0 radical (unpaired) electrons. The molecule has 0 unspecified atom stereocenters. The average Bonchev–Trinajstić information content (AvgIpc) is 3.36. The number of hydrogen-bond acceptors (Lipinski definition) is 7. The highest BCUT2D eigenvalue weighted by Crippen LogP contribution is 2.32. The van der Waals surface area contributed by atoms with E-state index in [9.17, 15) is 13.2 Å². The Morgan fingerprint density at radius 3 is 2.52 bits per heavy atom. The van der Waals surface area contributed by atoms with Crippen LogP contribution in [0.25, 0.3) is 10.9 Å². The van der Waals surface area contributed by atoms with Gasteiger partial charge in [-0.1, -0.05) is 12.0 Å². The van der Waals surface area contributed by atoms with Crippen molar-refractivity contribution in [3.05, 3.63) is 66.5 Å². The molecule has 5 rings (SSSR count). The normalized spacial score (nSPS) is 13.8. The number of nitrogens with zero attached hydrogens (tertiary/aromatic N) is 4. The summed E-state index contributed by atoms with van der Waals surface area (Å²) in [5.41, 5.74) is 3.51. The van der Waals surface area contributed by atoms with E-state index in [4.69, 9.17) is 4.74 Å². The third-order valence-corrected chi connectivity index (χ3v) is 8.41. The summed E-state index contributed by atoms with van der Waals surface area (Å²) in [6.07, 6.45) is 1.30. The molecule has 2 aromatic heterocycles. The third kappa shape index (κ3) is 7.48. The van der Waals surface area contributed by atoms with Crippen molar-refractivity contribution in [2.45, 2.75) is 36.5 Å². The monoisotopic (exact) mass is 622 g/mol. The van der Waals surface area contributed by atoms with Crippen molar-refractivity contribution in [1.29, 1.82) is 0 Å². The molecule has 44 heavy (non-hydrogen) atoms. The number of rotatable bonds is 9. The molecule has 1 saturated heterocycles. The number of anilines is 4. The molecule has 1 aliphatic rings. The van der Waals surface area contributed by atoms with Crippen molar-refractivity contribution in [2.75, 3.05) is 67.5 Å². The largest absolute Gasteiger partial charge is 0.495 e. The molecule has 0 aliphatic carbocycles. The van der Waals surface area contributed by atoms with Crippen molar-refractivity contribution in [2.24, 2.45) is 0 Å². The summed E-state index contributed by atoms with van der Waals surface area (Å²) < 4.78 is 47.7. The number of methoxy groups -OCH3 is 1. The fraction of sp³-hybridized carbons (Fsp3) is 0.364. The van der Waals surface area contributed by atoms with Crippen molar-refractivity contribution in [3.63, 3.8) is 0 Å². The Hall–Kier alpha value is -4.17. The second-order valence-corrected chi connectivity index (χ2v) is 11.7. The van der Waals surface area contributed by atoms with Crippen LogP contribution in [0, 0.1) is 11.8 Å². The van der Waals surface area contributed by atoms with Crippen molar-refractivity contribution < 1.29 is 17.9 Å². The number of halogens is 3. The highest BCUT2D eigenvalue weighted by atomic mass is 32.2. The first-order valence-electron chi connectivity index (χ1n) is 14.4. The van der Waals surface area contributed by atoms with Gasteiger partial charge in [0.05, 0.1) is 42.4 Å². The number of hydrogen-bond donors (Lipinski definition) is 2. The van der Waals surface area contributed by atoms with Gasteiger partial charge in [-0.2, -0.15) is 13.2 Å². The molecule has 0 spiro atoms. The highest BCUT2D eigenvalue weighted by Gasteiger charge is 2.30. The zero-order chi connectivity index (χ0) is 31.3. The van der Waals surface area contributed by atoms with Gasteiger partial charge in [-0.3, -0.25) is 0 Å². The lowest BCUT2D eigenvalue weighted by molar-refractivity contribution is -0.140. The molecule has 2 N–H and O–H groups in total. The summed E-state index contributed by atoms with van der Waals surface area (Å²) in [5.74, 6) is 7.59. The molecule has 3 heterocycles. The predicted molar refractivity (Wildman–Crippen MR) is 176 cm³/mol. The maximum atomic E-state index is 13.7. The number of ether oxygens (including phenoxy) is 1. The molecule has 4 aromatic rings. The number of benzene rings is 2. The number of thioether (sulfide) groups is 1. The lowest BCUT2D eigenvalue weighted by Crippen LogP contribution is -2.39. The Labute approximate surface area is 260 Å². The Morgan fingerprint density at radius 2 is 1.86 bits per heavy atom. The Balaban J connectivity index is 1.31. The third-order valence-electron chi connectivity index (χ3n) is 7.69. The molecule has 0 saturated carbocycles. The first-order chi connectivity index (χ1) is 21.1. The van der Waals surface area contributed by atoms with Crippen LogP contribution in [-0.4, -0.2) is 68.9 Å².